The number of aliphatic hydroxyl groups excluding tert-OH is 1. The molecule has 0 saturated heterocycles. The van der Waals surface area contributed by atoms with E-state index in [1.165, 1.54) is 56.8 Å². The Morgan fingerprint density at radius 2 is 1.83 bits per heavy atom. The van der Waals surface area contributed by atoms with Gasteiger partial charge in [-0.3, -0.25) is 0 Å². The van der Waals surface area contributed by atoms with Crippen molar-refractivity contribution >= 4 is 6.29 Å². The van der Waals surface area contributed by atoms with Gasteiger partial charge in [-0.15, -0.1) is 0 Å². The SMILES string of the molecule is CC(C)CCC[C@@H](C)[C@H]1CC[C@@H]2[C@]1(C)CC[C@H]1[C@@]2(C=O)CC=C2C[C@@H](O)CC[C@@]21C. The predicted molar refractivity (Wildman–Crippen MR) is 124 cm³/mol. The molecule has 4 aliphatic carbocycles. The van der Waals surface area contributed by atoms with Crippen LogP contribution in [0, 0.1) is 45.8 Å². The van der Waals surface area contributed by atoms with Gasteiger partial charge in [0.05, 0.1) is 6.10 Å². The maximum absolute atomic E-state index is 12.9. The second-order valence-electron chi connectivity index (χ2n) is 12.6. The minimum absolute atomic E-state index is 0.126. The van der Waals surface area contributed by atoms with Gasteiger partial charge in [-0.1, -0.05) is 65.5 Å². The van der Waals surface area contributed by atoms with Crippen LogP contribution in [0.1, 0.15) is 105 Å². The van der Waals surface area contributed by atoms with Gasteiger partial charge >= 0.3 is 0 Å². The van der Waals surface area contributed by atoms with E-state index >= 15 is 0 Å². The fraction of sp³-hybridized carbons (Fsp3) is 0.893. The summed E-state index contributed by atoms with van der Waals surface area (Å²) in [5.74, 6) is 3.37. The molecule has 2 heteroatoms. The molecule has 2 nitrogen and oxygen atoms in total. The number of fused-ring (bicyclic) bond motifs is 5. The van der Waals surface area contributed by atoms with Crippen molar-refractivity contribution in [2.75, 3.05) is 0 Å². The predicted octanol–water partition coefficient (Wildman–Crippen LogP) is 6.96. The highest BCUT2D eigenvalue weighted by Crippen LogP contribution is 2.71. The molecule has 0 aromatic heterocycles. The average Bonchev–Trinajstić information content (AvgIpc) is 3.06. The third-order valence-electron chi connectivity index (χ3n) is 10.7. The van der Waals surface area contributed by atoms with Gasteiger partial charge in [0, 0.05) is 5.41 Å². The smallest absolute Gasteiger partial charge is 0.127 e. The van der Waals surface area contributed by atoms with Crippen LogP contribution in [0.4, 0.5) is 0 Å². The number of hydrogen-bond donors (Lipinski definition) is 1. The molecular formula is C28H46O2. The number of allylic oxidation sites excluding steroid dienone is 1. The van der Waals surface area contributed by atoms with Crippen molar-refractivity contribution in [1.29, 1.82) is 0 Å². The van der Waals surface area contributed by atoms with E-state index in [9.17, 15) is 9.90 Å². The molecule has 4 aliphatic rings. The molecular weight excluding hydrogens is 368 g/mol. The number of aliphatic hydroxyl groups is 1. The minimum atomic E-state index is -0.176. The topological polar surface area (TPSA) is 37.3 Å². The number of carbonyl (C=O) groups excluding carboxylic acids is 1. The molecule has 3 saturated carbocycles. The Balaban J connectivity index is 1.60. The molecule has 0 aromatic rings. The lowest BCUT2D eigenvalue weighted by molar-refractivity contribution is -0.149. The Morgan fingerprint density at radius 1 is 1.07 bits per heavy atom. The van der Waals surface area contributed by atoms with E-state index in [4.69, 9.17) is 0 Å². The van der Waals surface area contributed by atoms with Gasteiger partial charge in [-0.05, 0) is 91.8 Å². The molecule has 170 valence electrons. The molecule has 1 N–H and O–H groups in total. The summed E-state index contributed by atoms with van der Waals surface area (Å²) in [5, 5.41) is 10.3. The molecule has 0 aromatic carbocycles. The lowest BCUT2D eigenvalue weighted by Gasteiger charge is -2.62. The molecule has 0 bridgehead atoms. The van der Waals surface area contributed by atoms with E-state index in [1.54, 1.807) is 0 Å². The first-order valence-corrected chi connectivity index (χ1v) is 13.0. The zero-order valence-corrected chi connectivity index (χ0v) is 20.3. The third kappa shape index (κ3) is 3.35. The van der Waals surface area contributed by atoms with E-state index < -0.39 is 0 Å². The summed E-state index contributed by atoms with van der Waals surface area (Å²) in [6, 6.07) is 0. The number of hydrogen-bond acceptors (Lipinski definition) is 2. The van der Waals surface area contributed by atoms with Gasteiger partial charge in [-0.2, -0.15) is 0 Å². The van der Waals surface area contributed by atoms with E-state index in [2.05, 4.69) is 40.7 Å². The molecule has 0 spiro atoms. The molecule has 30 heavy (non-hydrogen) atoms. The summed E-state index contributed by atoms with van der Waals surface area (Å²) in [5.41, 5.74) is 1.74. The van der Waals surface area contributed by atoms with Crippen molar-refractivity contribution in [1.82, 2.24) is 0 Å². The van der Waals surface area contributed by atoms with E-state index in [1.807, 2.05) is 0 Å². The van der Waals surface area contributed by atoms with Crippen LogP contribution in [-0.2, 0) is 4.79 Å². The van der Waals surface area contributed by atoms with Gasteiger partial charge < -0.3 is 9.90 Å². The van der Waals surface area contributed by atoms with Crippen molar-refractivity contribution in [3.8, 4) is 0 Å². The molecule has 0 heterocycles. The summed E-state index contributed by atoms with van der Waals surface area (Å²) in [6.07, 6.45) is 16.5. The van der Waals surface area contributed by atoms with Crippen LogP contribution in [0.25, 0.3) is 0 Å². The van der Waals surface area contributed by atoms with E-state index in [0.717, 1.165) is 43.4 Å². The van der Waals surface area contributed by atoms with Crippen LogP contribution in [0.5, 0.6) is 0 Å². The summed E-state index contributed by atoms with van der Waals surface area (Å²) in [7, 11) is 0. The Hall–Kier alpha value is -0.630. The quantitative estimate of drug-likeness (QED) is 0.377. The van der Waals surface area contributed by atoms with Gasteiger partial charge in [-0.25, -0.2) is 0 Å². The Labute approximate surface area is 185 Å². The van der Waals surface area contributed by atoms with E-state index in [-0.39, 0.29) is 16.9 Å². The van der Waals surface area contributed by atoms with Crippen LogP contribution in [0.15, 0.2) is 11.6 Å². The average molecular weight is 415 g/mol. The van der Waals surface area contributed by atoms with Crippen LogP contribution in [0.3, 0.4) is 0 Å². The van der Waals surface area contributed by atoms with Crippen molar-refractivity contribution in [3.05, 3.63) is 11.6 Å². The second kappa shape index (κ2) is 8.05. The fourth-order valence-electron chi connectivity index (χ4n) is 9.10. The fourth-order valence-corrected chi connectivity index (χ4v) is 9.10. The standard InChI is InChI=1S/C28H46O2/c1-19(2)7-6-8-20(3)23-9-10-24-27(23,5)15-13-25-26(4)14-12-22(30)17-21(26)11-16-28(24,25)18-29/h11,18-20,22-25,30H,6-10,12-17H2,1-5H3/t20-,22+,23-,24-,25-,26+,27-,28-/m1/s1. The van der Waals surface area contributed by atoms with Crippen molar-refractivity contribution in [3.63, 3.8) is 0 Å². The minimum Gasteiger partial charge on any atom is -0.393 e. The van der Waals surface area contributed by atoms with Crippen LogP contribution in [0.2, 0.25) is 0 Å². The summed E-state index contributed by atoms with van der Waals surface area (Å²) in [4.78, 5) is 12.9. The highest BCUT2D eigenvalue weighted by Gasteiger charge is 2.65. The summed E-state index contributed by atoms with van der Waals surface area (Å²) >= 11 is 0. The number of rotatable bonds is 6. The van der Waals surface area contributed by atoms with Gasteiger partial charge in [0.1, 0.15) is 6.29 Å². The van der Waals surface area contributed by atoms with Crippen LogP contribution >= 0.6 is 0 Å². The van der Waals surface area contributed by atoms with Gasteiger partial charge in [0.15, 0.2) is 0 Å². The van der Waals surface area contributed by atoms with E-state index in [0.29, 0.717) is 17.3 Å². The highest BCUT2D eigenvalue weighted by atomic mass is 16.3. The lowest BCUT2D eigenvalue weighted by Crippen LogP contribution is -2.58. The first-order chi connectivity index (χ1) is 14.2. The van der Waals surface area contributed by atoms with Crippen molar-refractivity contribution < 1.29 is 9.90 Å². The number of aldehydes is 1. The monoisotopic (exact) mass is 414 g/mol. The maximum atomic E-state index is 12.9. The maximum Gasteiger partial charge on any atom is 0.127 e. The van der Waals surface area contributed by atoms with Gasteiger partial charge in [0.25, 0.3) is 0 Å². The van der Waals surface area contributed by atoms with Crippen LogP contribution < -0.4 is 0 Å². The van der Waals surface area contributed by atoms with Crippen molar-refractivity contribution in [2.24, 2.45) is 45.8 Å². The summed E-state index contributed by atoms with van der Waals surface area (Å²) < 4.78 is 0. The molecule has 0 radical (unpaired) electrons. The molecule has 0 unspecified atom stereocenters. The highest BCUT2D eigenvalue weighted by molar-refractivity contribution is 5.64. The second-order valence-corrected chi connectivity index (χ2v) is 12.6. The Morgan fingerprint density at radius 3 is 2.53 bits per heavy atom. The normalized spacial score (nSPS) is 46.6. The van der Waals surface area contributed by atoms with Crippen molar-refractivity contribution in [2.45, 2.75) is 111 Å². The molecule has 0 aliphatic heterocycles. The third-order valence-corrected chi connectivity index (χ3v) is 10.7. The lowest BCUT2D eigenvalue weighted by atomic mass is 9.41. The molecule has 3 fully saturated rings. The first kappa shape index (κ1) is 22.6. The first-order valence-electron chi connectivity index (χ1n) is 13.0. The molecule has 0 amide bonds. The Kier molecular flexibility index (Phi) is 6.06. The largest absolute Gasteiger partial charge is 0.393 e. The van der Waals surface area contributed by atoms with Gasteiger partial charge in [0.2, 0.25) is 0 Å². The zero-order chi connectivity index (χ0) is 21.7. The zero-order valence-electron chi connectivity index (χ0n) is 20.3. The molecule has 8 atom stereocenters. The van der Waals surface area contributed by atoms with Crippen LogP contribution in [-0.4, -0.2) is 17.5 Å². The summed E-state index contributed by atoms with van der Waals surface area (Å²) in [6.45, 7) is 12.2. The number of carbonyl (C=O) groups is 1. The molecule has 4 rings (SSSR count). The Bertz CT molecular complexity index is 680.